The lowest BCUT2D eigenvalue weighted by Crippen LogP contribution is -1.94. The first-order valence-corrected chi connectivity index (χ1v) is 5.90. The van der Waals surface area contributed by atoms with E-state index in [-0.39, 0.29) is 5.82 Å². The minimum Gasteiger partial charge on any atom is -0.326 e. The van der Waals surface area contributed by atoms with Gasteiger partial charge in [0.1, 0.15) is 5.82 Å². The van der Waals surface area contributed by atoms with Crippen LogP contribution < -0.4 is 5.73 Å². The van der Waals surface area contributed by atoms with Crippen molar-refractivity contribution < 1.29 is 4.39 Å². The van der Waals surface area contributed by atoms with Crippen LogP contribution in [0.5, 0.6) is 0 Å². The SMILES string of the molecule is Cc1nc(Cc2cccc(F)c2)sc1CN. The van der Waals surface area contributed by atoms with E-state index in [1.54, 1.807) is 23.5 Å². The molecule has 0 unspecified atom stereocenters. The zero-order valence-electron chi connectivity index (χ0n) is 9.03. The predicted octanol–water partition coefficient (Wildman–Crippen LogP) is 2.64. The van der Waals surface area contributed by atoms with Crippen LogP contribution in [0.15, 0.2) is 24.3 Å². The summed E-state index contributed by atoms with van der Waals surface area (Å²) in [7, 11) is 0. The second-order valence-electron chi connectivity index (χ2n) is 3.63. The summed E-state index contributed by atoms with van der Waals surface area (Å²) in [5.74, 6) is -0.204. The molecule has 16 heavy (non-hydrogen) atoms. The van der Waals surface area contributed by atoms with E-state index in [4.69, 9.17) is 5.73 Å². The topological polar surface area (TPSA) is 38.9 Å². The number of hydrogen-bond donors (Lipinski definition) is 1. The normalized spacial score (nSPS) is 10.7. The zero-order valence-corrected chi connectivity index (χ0v) is 9.85. The fourth-order valence-corrected chi connectivity index (χ4v) is 2.56. The Balaban J connectivity index is 2.20. The summed E-state index contributed by atoms with van der Waals surface area (Å²) < 4.78 is 13.0. The Kier molecular flexibility index (Phi) is 3.31. The van der Waals surface area contributed by atoms with Crippen LogP contribution in [0.4, 0.5) is 4.39 Å². The van der Waals surface area contributed by atoms with Gasteiger partial charge in [-0.05, 0) is 24.6 Å². The molecule has 4 heteroatoms. The first kappa shape index (κ1) is 11.2. The second kappa shape index (κ2) is 4.72. The van der Waals surface area contributed by atoms with E-state index in [0.29, 0.717) is 13.0 Å². The van der Waals surface area contributed by atoms with Crippen molar-refractivity contribution in [3.05, 3.63) is 51.2 Å². The molecule has 0 aliphatic carbocycles. The molecule has 0 fully saturated rings. The lowest BCUT2D eigenvalue weighted by molar-refractivity contribution is 0.626. The average Bonchev–Trinajstić information content (AvgIpc) is 2.58. The van der Waals surface area contributed by atoms with Gasteiger partial charge in [-0.15, -0.1) is 11.3 Å². The molecule has 0 spiro atoms. The third-order valence-corrected chi connectivity index (χ3v) is 3.55. The van der Waals surface area contributed by atoms with Crippen molar-refractivity contribution in [3.8, 4) is 0 Å². The molecule has 0 radical (unpaired) electrons. The summed E-state index contributed by atoms with van der Waals surface area (Å²) in [6.45, 7) is 2.47. The van der Waals surface area contributed by atoms with Crippen molar-refractivity contribution in [1.29, 1.82) is 0 Å². The molecule has 0 aliphatic rings. The first-order valence-electron chi connectivity index (χ1n) is 5.08. The van der Waals surface area contributed by atoms with E-state index in [9.17, 15) is 4.39 Å². The quantitative estimate of drug-likeness (QED) is 0.889. The zero-order chi connectivity index (χ0) is 11.5. The number of nitrogens with two attached hydrogens (primary N) is 1. The molecule has 0 bridgehead atoms. The standard InChI is InChI=1S/C12H13FN2S/c1-8-11(7-14)16-12(15-8)6-9-3-2-4-10(13)5-9/h2-5H,6-7,14H2,1H3. The molecule has 0 atom stereocenters. The van der Waals surface area contributed by atoms with Crippen molar-refractivity contribution in [1.82, 2.24) is 4.98 Å². The molecule has 2 nitrogen and oxygen atoms in total. The van der Waals surface area contributed by atoms with Gasteiger partial charge in [-0.1, -0.05) is 12.1 Å². The van der Waals surface area contributed by atoms with Crippen LogP contribution in [0.25, 0.3) is 0 Å². The van der Waals surface area contributed by atoms with E-state index in [2.05, 4.69) is 4.98 Å². The number of benzene rings is 1. The lowest BCUT2D eigenvalue weighted by Gasteiger charge is -1.97. The molecule has 2 rings (SSSR count). The molecule has 1 heterocycles. The van der Waals surface area contributed by atoms with Crippen molar-refractivity contribution >= 4 is 11.3 Å². The van der Waals surface area contributed by atoms with Crippen LogP contribution in [0, 0.1) is 12.7 Å². The maximum Gasteiger partial charge on any atom is 0.123 e. The van der Waals surface area contributed by atoms with Gasteiger partial charge >= 0.3 is 0 Å². The number of thiazole rings is 1. The molecule has 2 N–H and O–H groups in total. The Morgan fingerprint density at radius 3 is 2.88 bits per heavy atom. The largest absolute Gasteiger partial charge is 0.326 e. The van der Waals surface area contributed by atoms with Gasteiger partial charge in [0.2, 0.25) is 0 Å². The highest BCUT2D eigenvalue weighted by atomic mass is 32.1. The molecule has 0 saturated heterocycles. The third kappa shape index (κ3) is 2.46. The van der Waals surface area contributed by atoms with E-state index in [1.165, 1.54) is 6.07 Å². The van der Waals surface area contributed by atoms with E-state index < -0.39 is 0 Å². The second-order valence-corrected chi connectivity index (χ2v) is 4.80. The minimum atomic E-state index is -0.204. The van der Waals surface area contributed by atoms with E-state index >= 15 is 0 Å². The van der Waals surface area contributed by atoms with Crippen LogP contribution in [-0.4, -0.2) is 4.98 Å². The van der Waals surface area contributed by atoms with E-state index in [0.717, 1.165) is 21.1 Å². The highest BCUT2D eigenvalue weighted by Crippen LogP contribution is 2.20. The summed E-state index contributed by atoms with van der Waals surface area (Å²) in [6, 6.07) is 6.61. The van der Waals surface area contributed by atoms with Gasteiger partial charge in [0.05, 0.1) is 10.7 Å². The van der Waals surface area contributed by atoms with Crippen molar-refractivity contribution in [2.45, 2.75) is 19.9 Å². The van der Waals surface area contributed by atoms with Gasteiger partial charge in [-0.25, -0.2) is 9.37 Å². The fourth-order valence-electron chi connectivity index (χ4n) is 1.57. The van der Waals surface area contributed by atoms with Gasteiger partial charge in [-0.2, -0.15) is 0 Å². The van der Waals surface area contributed by atoms with Crippen LogP contribution in [-0.2, 0) is 13.0 Å². The molecule has 84 valence electrons. The molecule has 0 saturated carbocycles. The molecular formula is C12H13FN2S. The number of halogens is 1. The van der Waals surface area contributed by atoms with Crippen LogP contribution in [0.2, 0.25) is 0 Å². The highest BCUT2D eigenvalue weighted by Gasteiger charge is 2.06. The van der Waals surface area contributed by atoms with Gasteiger partial charge in [0, 0.05) is 17.8 Å². The summed E-state index contributed by atoms with van der Waals surface area (Å²) in [6.07, 6.45) is 0.670. The Hall–Kier alpha value is -1.26. The summed E-state index contributed by atoms with van der Waals surface area (Å²) >= 11 is 1.60. The number of nitrogens with zero attached hydrogens (tertiary/aromatic N) is 1. The number of aryl methyl sites for hydroxylation is 1. The van der Waals surface area contributed by atoms with Gasteiger partial charge < -0.3 is 5.73 Å². The lowest BCUT2D eigenvalue weighted by atomic mass is 10.1. The summed E-state index contributed by atoms with van der Waals surface area (Å²) in [5, 5.41) is 0.989. The monoisotopic (exact) mass is 236 g/mol. The number of aromatic nitrogens is 1. The summed E-state index contributed by atoms with van der Waals surface area (Å²) in [4.78, 5) is 5.53. The van der Waals surface area contributed by atoms with Crippen molar-refractivity contribution in [2.24, 2.45) is 5.73 Å². The Labute approximate surface area is 97.9 Å². The maximum absolute atomic E-state index is 13.0. The Morgan fingerprint density at radius 2 is 2.25 bits per heavy atom. The maximum atomic E-state index is 13.0. The Morgan fingerprint density at radius 1 is 1.44 bits per heavy atom. The smallest absolute Gasteiger partial charge is 0.123 e. The first-order chi connectivity index (χ1) is 7.69. The van der Waals surface area contributed by atoms with Gasteiger partial charge in [-0.3, -0.25) is 0 Å². The molecule has 0 aliphatic heterocycles. The van der Waals surface area contributed by atoms with Crippen LogP contribution in [0.3, 0.4) is 0 Å². The minimum absolute atomic E-state index is 0.204. The van der Waals surface area contributed by atoms with Crippen molar-refractivity contribution in [3.63, 3.8) is 0 Å². The Bertz CT molecular complexity index is 494. The number of rotatable bonds is 3. The van der Waals surface area contributed by atoms with Crippen molar-refractivity contribution in [2.75, 3.05) is 0 Å². The molecule has 0 amide bonds. The van der Waals surface area contributed by atoms with Gasteiger partial charge in [0.25, 0.3) is 0 Å². The third-order valence-electron chi connectivity index (χ3n) is 2.37. The highest BCUT2D eigenvalue weighted by molar-refractivity contribution is 7.11. The number of hydrogen-bond acceptors (Lipinski definition) is 3. The van der Waals surface area contributed by atoms with Gasteiger partial charge in [0.15, 0.2) is 0 Å². The predicted molar refractivity (Wildman–Crippen MR) is 63.9 cm³/mol. The summed E-state index contributed by atoms with van der Waals surface area (Å²) in [5.41, 5.74) is 7.52. The van der Waals surface area contributed by atoms with Crippen LogP contribution in [0.1, 0.15) is 21.1 Å². The van der Waals surface area contributed by atoms with Crippen LogP contribution >= 0.6 is 11.3 Å². The molecule has 1 aromatic heterocycles. The molecule has 1 aromatic carbocycles. The molecule has 2 aromatic rings. The fraction of sp³-hybridized carbons (Fsp3) is 0.250. The van der Waals surface area contributed by atoms with E-state index in [1.807, 2.05) is 13.0 Å². The average molecular weight is 236 g/mol. The molecular weight excluding hydrogens is 223 g/mol.